The highest BCUT2D eigenvalue weighted by Crippen LogP contribution is 2.31. The number of carbonyl (C=O) groups excluding carboxylic acids is 2. The summed E-state index contributed by atoms with van der Waals surface area (Å²) in [4.78, 5) is 24.5. The van der Waals surface area contributed by atoms with Crippen LogP contribution in [0.1, 0.15) is 15.9 Å². The largest absolute Gasteiger partial charge is 0.471 e. The minimum atomic E-state index is -5.17. The number of amides is 2. The molecule has 0 spiro atoms. The van der Waals surface area contributed by atoms with E-state index in [2.05, 4.69) is 0 Å². The Morgan fingerprint density at radius 1 is 0.914 bits per heavy atom. The molecule has 0 aromatic heterocycles. The molecule has 2 aromatic rings. The maximum absolute atomic E-state index is 12.9. The number of hydrogen-bond donors (Lipinski definition) is 1. The highest BCUT2D eigenvalue weighted by Gasteiger charge is 2.39. The van der Waals surface area contributed by atoms with E-state index in [1.165, 1.54) is 16.3 Å². The maximum atomic E-state index is 12.9. The molecule has 7 nitrogen and oxygen atoms in total. The van der Waals surface area contributed by atoms with Crippen molar-refractivity contribution >= 4 is 39.1 Å². The fraction of sp³-hybridized carbons (Fsp3) is 0.300. The number of carbonyl (C=O) groups is 2. The Balaban J connectivity index is 1.69. The number of hydrogen-bond acceptors (Lipinski definition) is 4. The number of piperazine rings is 1. The molecule has 0 atom stereocenters. The molecule has 2 amide bonds. The Morgan fingerprint density at radius 3 is 2.09 bits per heavy atom. The summed E-state index contributed by atoms with van der Waals surface area (Å²) in [5.41, 5.74) is -1.62. The number of alkyl halides is 6. The minimum Gasteiger partial charge on any atom is -0.336 e. The van der Waals surface area contributed by atoms with Gasteiger partial charge in [0.15, 0.2) is 0 Å². The number of benzene rings is 2. The molecule has 0 saturated carbocycles. The molecular weight excluding hydrogens is 528 g/mol. The summed E-state index contributed by atoms with van der Waals surface area (Å²) in [6, 6.07) is 6.62. The molecule has 15 heteroatoms. The Hall–Kier alpha value is -2.84. The molecule has 2 aromatic carbocycles. The van der Waals surface area contributed by atoms with Gasteiger partial charge in [-0.2, -0.15) is 30.6 Å². The van der Waals surface area contributed by atoms with Crippen LogP contribution in [0.3, 0.4) is 0 Å². The van der Waals surface area contributed by atoms with Crippen molar-refractivity contribution in [2.75, 3.05) is 31.5 Å². The van der Waals surface area contributed by atoms with Crippen molar-refractivity contribution < 1.29 is 44.3 Å². The van der Waals surface area contributed by atoms with Gasteiger partial charge in [0.1, 0.15) is 0 Å². The summed E-state index contributed by atoms with van der Waals surface area (Å²) >= 11 is 5.85. The lowest BCUT2D eigenvalue weighted by atomic mass is 10.1. The lowest BCUT2D eigenvalue weighted by Crippen LogP contribution is -2.50. The fourth-order valence-electron chi connectivity index (χ4n) is 3.24. The normalized spacial score (nSPS) is 15.7. The van der Waals surface area contributed by atoms with Crippen molar-refractivity contribution in [3.05, 3.63) is 58.6 Å². The van der Waals surface area contributed by atoms with Crippen LogP contribution in [0.2, 0.25) is 5.02 Å². The monoisotopic (exact) mass is 543 g/mol. The van der Waals surface area contributed by atoms with Gasteiger partial charge in [0.05, 0.1) is 21.2 Å². The molecule has 1 N–H and O–H groups in total. The topological polar surface area (TPSA) is 86.8 Å². The van der Waals surface area contributed by atoms with E-state index < -0.39 is 50.5 Å². The maximum Gasteiger partial charge on any atom is 0.471 e. The van der Waals surface area contributed by atoms with Crippen molar-refractivity contribution in [2.24, 2.45) is 0 Å². The van der Waals surface area contributed by atoms with Gasteiger partial charge in [0.25, 0.3) is 5.91 Å². The third kappa shape index (κ3) is 6.05. The zero-order valence-electron chi connectivity index (χ0n) is 17.5. The summed E-state index contributed by atoms with van der Waals surface area (Å²) < 4.78 is 103. The van der Waals surface area contributed by atoms with Gasteiger partial charge < -0.3 is 10.2 Å². The van der Waals surface area contributed by atoms with Crippen molar-refractivity contribution in [3.8, 4) is 0 Å². The van der Waals surface area contributed by atoms with Crippen molar-refractivity contribution in [3.63, 3.8) is 0 Å². The molecule has 0 bridgehead atoms. The van der Waals surface area contributed by atoms with E-state index in [0.717, 1.165) is 34.6 Å². The van der Waals surface area contributed by atoms with E-state index in [1.807, 2.05) is 0 Å². The van der Waals surface area contributed by atoms with Crippen molar-refractivity contribution in [1.82, 2.24) is 9.21 Å². The van der Waals surface area contributed by atoms with Crippen LogP contribution in [0.25, 0.3) is 0 Å². The first kappa shape index (κ1) is 26.8. The molecule has 35 heavy (non-hydrogen) atoms. The van der Waals surface area contributed by atoms with Crippen LogP contribution in [0, 0.1) is 0 Å². The van der Waals surface area contributed by atoms with E-state index in [9.17, 15) is 44.3 Å². The Labute approximate surface area is 200 Å². The summed E-state index contributed by atoms with van der Waals surface area (Å²) in [7, 11) is -4.17. The van der Waals surface area contributed by atoms with Crippen LogP contribution in [0.15, 0.2) is 47.4 Å². The van der Waals surface area contributed by atoms with Crippen LogP contribution in [0.4, 0.5) is 32.0 Å². The van der Waals surface area contributed by atoms with Crippen LogP contribution in [0.5, 0.6) is 0 Å². The molecule has 1 saturated heterocycles. The highest BCUT2D eigenvalue weighted by atomic mass is 35.5. The molecule has 0 aliphatic carbocycles. The molecule has 0 unspecified atom stereocenters. The van der Waals surface area contributed by atoms with E-state index in [1.54, 1.807) is 0 Å². The molecule has 1 heterocycles. The van der Waals surface area contributed by atoms with Crippen LogP contribution in [-0.2, 0) is 21.0 Å². The second kappa shape index (κ2) is 9.66. The van der Waals surface area contributed by atoms with Gasteiger partial charge in [-0.1, -0.05) is 17.7 Å². The van der Waals surface area contributed by atoms with Gasteiger partial charge in [-0.3, -0.25) is 9.59 Å². The van der Waals surface area contributed by atoms with E-state index in [0.29, 0.717) is 6.07 Å². The number of sulfonamides is 1. The second-order valence-electron chi connectivity index (χ2n) is 7.37. The van der Waals surface area contributed by atoms with Gasteiger partial charge in [0, 0.05) is 31.7 Å². The van der Waals surface area contributed by atoms with E-state index in [-0.39, 0.29) is 36.6 Å². The quantitative estimate of drug-likeness (QED) is 0.591. The minimum absolute atomic E-state index is 0.109. The number of halogens is 7. The summed E-state index contributed by atoms with van der Waals surface area (Å²) in [6.07, 6.45) is -9.80. The first-order chi connectivity index (χ1) is 16.1. The van der Waals surface area contributed by atoms with Gasteiger partial charge in [-0.25, -0.2) is 8.42 Å². The zero-order valence-corrected chi connectivity index (χ0v) is 19.0. The molecule has 3 rings (SSSR count). The lowest BCUT2D eigenvalue weighted by Gasteiger charge is -2.34. The number of rotatable bonds is 4. The molecule has 0 radical (unpaired) electrons. The van der Waals surface area contributed by atoms with Crippen LogP contribution >= 0.6 is 11.6 Å². The molecular formula is C20H16ClF6N3O4S. The summed E-state index contributed by atoms with van der Waals surface area (Å²) in [6.45, 7) is -0.585. The van der Waals surface area contributed by atoms with E-state index in [4.69, 9.17) is 11.6 Å². The van der Waals surface area contributed by atoms with Gasteiger partial charge in [0.2, 0.25) is 10.0 Å². The molecule has 190 valence electrons. The van der Waals surface area contributed by atoms with Crippen molar-refractivity contribution in [2.45, 2.75) is 17.2 Å². The second-order valence-corrected chi connectivity index (χ2v) is 9.71. The fourth-order valence-corrected chi connectivity index (χ4v) is 4.98. The zero-order chi connectivity index (χ0) is 26.2. The van der Waals surface area contributed by atoms with Crippen molar-refractivity contribution in [1.29, 1.82) is 0 Å². The Bertz CT molecular complexity index is 1240. The highest BCUT2D eigenvalue weighted by molar-refractivity contribution is 7.89. The average Bonchev–Trinajstić information content (AvgIpc) is 2.78. The summed E-state index contributed by atoms with van der Waals surface area (Å²) in [5.74, 6) is -2.97. The third-order valence-electron chi connectivity index (χ3n) is 5.05. The summed E-state index contributed by atoms with van der Waals surface area (Å²) in [5, 5.41) is 1.09. The van der Waals surface area contributed by atoms with Crippen LogP contribution < -0.4 is 5.32 Å². The predicted octanol–water partition coefficient (Wildman–Crippen LogP) is 4.01. The number of nitrogens with one attached hydrogen (secondary N) is 1. The van der Waals surface area contributed by atoms with Gasteiger partial charge in [-0.15, -0.1) is 0 Å². The Kier molecular flexibility index (Phi) is 7.39. The van der Waals surface area contributed by atoms with Gasteiger partial charge in [-0.05, 0) is 36.4 Å². The first-order valence-corrected chi connectivity index (χ1v) is 11.6. The predicted molar refractivity (Wildman–Crippen MR) is 112 cm³/mol. The number of nitrogens with zero attached hydrogens (tertiary/aromatic N) is 2. The Morgan fingerprint density at radius 2 is 1.54 bits per heavy atom. The smallest absolute Gasteiger partial charge is 0.336 e. The first-order valence-electron chi connectivity index (χ1n) is 9.75. The lowest BCUT2D eigenvalue weighted by molar-refractivity contribution is -0.167. The average molecular weight is 544 g/mol. The molecule has 1 aliphatic heterocycles. The third-order valence-corrected chi connectivity index (χ3v) is 7.25. The van der Waals surface area contributed by atoms with Gasteiger partial charge >= 0.3 is 18.3 Å². The molecule has 1 fully saturated rings. The van der Waals surface area contributed by atoms with E-state index >= 15 is 0 Å². The number of anilines is 1. The van der Waals surface area contributed by atoms with Crippen LogP contribution in [-0.4, -0.2) is 61.8 Å². The SMILES string of the molecule is O=C(c1cccc(C(F)(F)F)c1)N1CCN(S(=O)(=O)c2ccc(NC(=O)C(F)(F)F)c(Cl)c2)CC1. The molecule has 1 aliphatic rings. The standard InChI is InChI=1S/C20H16ClF6N3O4S/c21-15-11-14(4-5-16(15)28-18(32)20(25,26)27)35(33,34)30-8-6-29(7-9-30)17(31)12-2-1-3-13(10-12)19(22,23)24/h1-5,10-11H,6-9H2,(H,28,32).